The number of hydrogen-bond acceptors (Lipinski definition) is 5. The van der Waals surface area contributed by atoms with E-state index >= 15 is 0 Å². The van der Waals surface area contributed by atoms with Gasteiger partial charge >= 0.3 is 12.1 Å². The largest absolute Gasteiger partial charge is 0.444 e. The molecule has 0 unspecified atom stereocenters. The van der Waals surface area contributed by atoms with Crippen molar-refractivity contribution >= 4 is 40.5 Å². The number of nitrogens with one attached hydrogen (secondary N) is 1. The van der Waals surface area contributed by atoms with E-state index in [2.05, 4.69) is 23.7 Å². The van der Waals surface area contributed by atoms with Crippen molar-refractivity contribution < 1.29 is 23.9 Å². The Labute approximate surface area is 204 Å². The van der Waals surface area contributed by atoms with Crippen LogP contribution in [0.2, 0.25) is 0 Å². The second kappa shape index (κ2) is 9.24. The van der Waals surface area contributed by atoms with Crippen LogP contribution in [0.3, 0.4) is 0 Å². The van der Waals surface area contributed by atoms with Crippen molar-refractivity contribution in [1.82, 2.24) is 19.7 Å². The van der Waals surface area contributed by atoms with Crippen LogP contribution in [-0.2, 0) is 9.53 Å². The summed E-state index contributed by atoms with van der Waals surface area (Å²) < 4.78 is 7.50. The Morgan fingerprint density at radius 3 is 2.26 bits per heavy atom. The van der Waals surface area contributed by atoms with Crippen molar-refractivity contribution in [2.75, 3.05) is 37.6 Å². The number of nitrogens with zero attached hydrogens (tertiary/aromatic N) is 4. The summed E-state index contributed by atoms with van der Waals surface area (Å²) in [6.45, 7) is 11.4. The van der Waals surface area contributed by atoms with Crippen molar-refractivity contribution in [3.05, 3.63) is 30.0 Å². The SMILES string of the molecule is CC(C)n1ccc2c(N3CCC(=O)NC3=O)cc(C(=O)N3CCN(C(=O)OC(C)(C)C)CC3)cc21. The van der Waals surface area contributed by atoms with E-state index in [9.17, 15) is 19.2 Å². The topological polar surface area (TPSA) is 104 Å². The van der Waals surface area contributed by atoms with Crippen molar-refractivity contribution in [3.63, 3.8) is 0 Å². The van der Waals surface area contributed by atoms with Crippen molar-refractivity contribution in [3.8, 4) is 0 Å². The molecule has 2 aliphatic rings. The number of ether oxygens (including phenoxy) is 1. The number of urea groups is 1. The van der Waals surface area contributed by atoms with Crippen LogP contribution in [0.5, 0.6) is 0 Å². The zero-order valence-electron chi connectivity index (χ0n) is 21.0. The molecule has 2 aliphatic heterocycles. The first-order valence-electron chi connectivity index (χ1n) is 12.0. The summed E-state index contributed by atoms with van der Waals surface area (Å²) in [7, 11) is 0. The van der Waals surface area contributed by atoms with E-state index < -0.39 is 11.6 Å². The molecule has 1 N–H and O–H groups in total. The van der Waals surface area contributed by atoms with Gasteiger partial charge in [0.2, 0.25) is 5.91 Å². The lowest BCUT2D eigenvalue weighted by Crippen LogP contribution is -2.51. The molecule has 1 aromatic heterocycles. The maximum atomic E-state index is 13.5. The van der Waals surface area contributed by atoms with Gasteiger partial charge in [0, 0.05) is 62.3 Å². The molecule has 0 bridgehead atoms. The fraction of sp³-hybridized carbons (Fsp3) is 0.520. The van der Waals surface area contributed by atoms with Gasteiger partial charge in [0.25, 0.3) is 5.91 Å². The number of anilines is 1. The summed E-state index contributed by atoms with van der Waals surface area (Å²) in [6.07, 6.45) is 1.76. The average molecular weight is 484 g/mol. The number of aromatic nitrogens is 1. The number of carbonyl (C=O) groups is 4. The highest BCUT2D eigenvalue weighted by Gasteiger charge is 2.31. The standard InChI is InChI=1S/C25H33N5O5/c1-16(2)29-8-6-18-19(29)14-17(15-20(18)30-9-7-21(31)26-23(30)33)22(32)27-10-12-28(13-11-27)24(34)35-25(3,4)5/h6,8,14-16H,7,9-13H2,1-5H3,(H,26,31,33). The highest BCUT2D eigenvalue weighted by atomic mass is 16.6. The number of rotatable bonds is 3. The smallest absolute Gasteiger partial charge is 0.410 e. The maximum Gasteiger partial charge on any atom is 0.410 e. The molecule has 0 spiro atoms. The summed E-state index contributed by atoms with van der Waals surface area (Å²) in [5.41, 5.74) is 1.33. The van der Waals surface area contributed by atoms with Gasteiger partial charge in [-0.05, 0) is 52.8 Å². The van der Waals surface area contributed by atoms with E-state index in [0.29, 0.717) is 37.4 Å². The number of piperazine rings is 1. The van der Waals surface area contributed by atoms with Gasteiger partial charge in [0.15, 0.2) is 0 Å². The van der Waals surface area contributed by atoms with Gasteiger partial charge in [-0.15, -0.1) is 0 Å². The zero-order valence-corrected chi connectivity index (χ0v) is 21.0. The van der Waals surface area contributed by atoms with Gasteiger partial charge in [-0.25, -0.2) is 9.59 Å². The number of hydrogen-bond donors (Lipinski definition) is 1. The number of benzene rings is 1. The van der Waals surface area contributed by atoms with E-state index in [1.165, 1.54) is 4.90 Å². The average Bonchev–Trinajstić information content (AvgIpc) is 3.21. The van der Waals surface area contributed by atoms with E-state index in [1.54, 1.807) is 15.9 Å². The Kier molecular flexibility index (Phi) is 6.48. The minimum atomic E-state index is -0.577. The molecule has 2 aromatic rings. The summed E-state index contributed by atoms with van der Waals surface area (Å²) in [4.78, 5) is 55.1. The van der Waals surface area contributed by atoms with Crippen LogP contribution in [0, 0.1) is 0 Å². The van der Waals surface area contributed by atoms with Crippen molar-refractivity contribution in [2.24, 2.45) is 0 Å². The molecule has 2 fully saturated rings. The molecule has 5 amide bonds. The Hall–Kier alpha value is -3.56. The van der Waals surface area contributed by atoms with Gasteiger partial charge in [-0.2, -0.15) is 0 Å². The Balaban J connectivity index is 1.61. The Bertz CT molecular complexity index is 1170. The summed E-state index contributed by atoms with van der Waals surface area (Å²) in [6, 6.07) is 5.18. The highest BCUT2D eigenvalue weighted by Crippen LogP contribution is 2.33. The first kappa shape index (κ1) is 24.6. The molecule has 0 aliphatic carbocycles. The van der Waals surface area contributed by atoms with Crippen LogP contribution in [0.25, 0.3) is 10.9 Å². The summed E-state index contributed by atoms with van der Waals surface area (Å²) in [5, 5.41) is 3.20. The number of carbonyl (C=O) groups excluding carboxylic acids is 4. The monoisotopic (exact) mass is 483 g/mol. The second-order valence-corrected chi connectivity index (χ2v) is 10.3. The predicted molar refractivity (Wildman–Crippen MR) is 132 cm³/mol. The van der Waals surface area contributed by atoms with Crippen LogP contribution < -0.4 is 10.2 Å². The first-order chi connectivity index (χ1) is 16.4. The molecule has 35 heavy (non-hydrogen) atoms. The predicted octanol–water partition coefficient (Wildman–Crippen LogP) is 3.36. The fourth-order valence-corrected chi connectivity index (χ4v) is 4.43. The molecule has 10 heteroatoms. The molecule has 0 radical (unpaired) electrons. The normalized spacial score (nSPS) is 17.3. The van der Waals surface area contributed by atoms with Gasteiger partial charge in [-0.3, -0.25) is 19.8 Å². The van der Waals surface area contributed by atoms with Crippen LogP contribution in [0.15, 0.2) is 24.4 Å². The minimum absolute atomic E-state index is 0.153. The Morgan fingerprint density at radius 2 is 1.66 bits per heavy atom. The minimum Gasteiger partial charge on any atom is -0.444 e. The molecule has 0 saturated carbocycles. The van der Waals surface area contributed by atoms with E-state index in [0.717, 1.165) is 10.9 Å². The van der Waals surface area contributed by atoms with E-state index in [4.69, 9.17) is 4.74 Å². The lowest BCUT2D eigenvalue weighted by molar-refractivity contribution is -0.120. The third-order valence-corrected chi connectivity index (χ3v) is 6.18. The van der Waals surface area contributed by atoms with Crippen molar-refractivity contribution in [2.45, 2.75) is 52.7 Å². The number of imide groups is 1. The summed E-state index contributed by atoms with van der Waals surface area (Å²) >= 11 is 0. The lowest BCUT2D eigenvalue weighted by Gasteiger charge is -2.35. The van der Waals surface area contributed by atoms with E-state index in [-0.39, 0.29) is 36.9 Å². The molecule has 188 valence electrons. The second-order valence-electron chi connectivity index (χ2n) is 10.3. The molecule has 1 aromatic carbocycles. The quantitative estimate of drug-likeness (QED) is 0.721. The fourth-order valence-electron chi connectivity index (χ4n) is 4.43. The van der Waals surface area contributed by atoms with Gasteiger partial charge in [-0.1, -0.05) is 0 Å². The van der Waals surface area contributed by atoms with Crippen molar-refractivity contribution in [1.29, 1.82) is 0 Å². The summed E-state index contributed by atoms with van der Waals surface area (Å²) in [5.74, 6) is -0.473. The molecule has 10 nitrogen and oxygen atoms in total. The molecular weight excluding hydrogens is 450 g/mol. The highest BCUT2D eigenvalue weighted by molar-refractivity contribution is 6.11. The third-order valence-electron chi connectivity index (χ3n) is 6.18. The molecular formula is C25H33N5O5. The molecule has 2 saturated heterocycles. The number of fused-ring (bicyclic) bond motifs is 1. The van der Waals surface area contributed by atoms with Crippen LogP contribution in [-0.4, -0.2) is 76.6 Å². The molecule has 4 rings (SSSR count). The van der Waals surface area contributed by atoms with Crippen LogP contribution in [0.1, 0.15) is 57.4 Å². The maximum absolute atomic E-state index is 13.5. The third kappa shape index (κ3) is 5.11. The lowest BCUT2D eigenvalue weighted by atomic mass is 10.1. The van der Waals surface area contributed by atoms with Gasteiger partial charge in [0.1, 0.15) is 5.60 Å². The molecule has 0 atom stereocenters. The zero-order chi connectivity index (χ0) is 25.5. The van der Waals surface area contributed by atoms with Crippen LogP contribution in [0.4, 0.5) is 15.3 Å². The number of amides is 5. The molecule has 3 heterocycles. The van der Waals surface area contributed by atoms with Gasteiger partial charge < -0.3 is 19.1 Å². The van der Waals surface area contributed by atoms with E-state index in [1.807, 2.05) is 39.1 Å². The Morgan fingerprint density at radius 1 is 1.00 bits per heavy atom. The van der Waals surface area contributed by atoms with Gasteiger partial charge in [0.05, 0.1) is 11.2 Å². The first-order valence-corrected chi connectivity index (χ1v) is 12.0. The van der Waals surface area contributed by atoms with Crippen LogP contribution >= 0.6 is 0 Å².